The van der Waals surface area contributed by atoms with Gasteiger partial charge in [-0.25, -0.2) is 18.1 Å². The number of nitrogens with one attached hydrogen (secondary N) is 1. The number of rotatable bonds is 11. The minimum Gasteiger partial charge on any atom is -0.457 e. The van der Waals surface area contributed by atoms with Gasteiger partial charge in [-0.05, 0) is 26.8 Å². The first-order valence-electron chi connectivity index (χ1n) is 9.41. The third kappa shape index (κ3) is 5.77. The molecule has 166 valence electrons. The van der Waals surface area contributed by atoms with Crippen LogP contribution in [-0.2, 0) is 37.9 Å². The lowest BCUT2D eigenvalue weighted by Gasteiger charge is -2.09. The van der Waals surface area contributed by atoms with Crippen LogP contribution in [0.1, 0.15) is 34.0 Å². The molecule has 2 heterocycles. The first kappa shape index (κ1) is 23.8. The molecule has 11 heteroatoms. The van der Waals surface area contributed by atoms with E-state index < -0.39 is 22.6 Å². The summed E-state index contributed by atoms with van der Waals surface area (Å²) in [6.45, 7) is 5.98. The number of ketones is 1. The van der Waals surface area contributed by atoms with Crippen molar-refractivity contribution in [2.45, 2.75) is 38.8 Å². The fourth-order valence-corrected chi connectivity index (χ4v) is 3.99. The van der Waals surface area contributed by atoms with Gasteiger partial charge in [0.25, 0.3) is 10.0 Å². The van der Waals surface area contributed by atoms with Gasteiger partial charge in [-0.2, -0.15) is 0 Å². The number of carbonyl (C=O) groups excluding carboxylic acids is 2. The second-order valence-corrected chi connectivity index (χ2v) is 8.61. The number of imidazole rings is 1. The lowest BCUT2D eigenvalue weighted by atomic mass is 10.1. The summed E-state index contributed by atoms with van der Waals surface area (Å²) in [6.07, 6.45) is 1.18. The number of hydrogen-bond acceptors (Lipinski definition) is 7. The van der Waals surface area contributed by atoms with E-state index in [9.17, 15) is 18.0 Å². The van der Waals surface area contributed by atoms with Crippen LogP contribution in [0.5, 0.6) is 0 Å². The van der Waals surface area contributed by atoms with Crippen molar-refractivity contribution in [3.05, 3.63) is 35.0 Å². The number of hydrogen-bond donors (Lipinski definition) is 1. The van der Waals surface area contributed by atoms with E-state index >= 15 is 0 Å². The smallest absolute Gasteiger partial charge is 0.307 e. The SMILES string of the molecule is COCCn1c(C)cc(C(=O)COC(=O)CCNS(=O)(=O)c2cn(C)c(C)n2)c1C. The van der Waals surface area contributed by atoms with E-state index in [1.807, 2.05) is 18.4 Å². The van der Waals surface area contributed by atoms with Crippen molar-refractivity contribution >= 4 is 21.8 Å². The zero-order valence-electron chi connectivity index (χ0n) is 17.9. The van der Waals surface area contributed by atoms with Crippen molar-refractivity contribution in [2.75, 3.05) is 26.9 Å². The maximum atomic E-state index is 12.4. The van der Waals surface area contributed by atoms with Crippen molar-refractivity contribution in [3.8, 4) is 0 Å². The van der Waals surface area contributed by atoms with Crippen LogP contribution in [0.2, 0.25) is 0 Å². The predicted molar refractivity (Wildman–Crippen MR) is 109 cm³/mol. The third-order valence-corrected chi connectivity index (χ3v) is 6.07. The van der Waals surface area contributed by atoms with Gasteiger partial charge in [0, 0.05) is 50.4 Å². The highest BCUT2D eigenvalue weighted by atomic mass is 32.2. The molecule has 2 aromatic heterocycles. The van der Waals surface area contributed by atoms with Gasteiger partial charge in [0.1, 0.15) is 5.82 Å². The third-order valence-electron chi connectivity index (χ3n) is 4.74. The van der Waals surface area contributed by atoms with Crippen molar-refractivity contribution in [2.24, 2.45) is 7.05 Å². The molecule has 0 bridgehead atoms. The number of aromatic nitrogens is 3. The van der Waals surface area contributed by atoms with Crippen LogP contribution in [0.4, 0.5) is 0 Å². The number of esters is 1. The van der Waals surface area contributed by atoms with Gasteiger partial charge >= 0.3 is 5.97 Å². The highest BCUT2D eigenvalue weighted by molar-refractivity contribution is 7.89. The van der Waals surface area contributed by atoms with E-state index in [4.69, 9.17) is 9.47 Å². The van der Waals surface area contributed by atoms with E-state index in [0.29, 0.717) is 24.5 Å². The molecule has 0 fully saturated rings. The number of methoxy groups -OCH3 is 1. The van der Waals surface area contributed by atoms with Gasteiger partial charge in [0.15, 0.2) is 11.6 Å². The summed E-state index contributed by atoms with van der Waals surface area (Å²) in [5.41, 5.74) is 2.19. The summed E-state index contributed by atoms with van der Waals surface area (Å²) >= 11 is 0. The number of aryl methyl sites for hydroxylation is 3. The predicted octanol–water partition coefficient (Wildman–Crippen LogP) is 0.888. The fourth-order valence-electron chi connectivity index (χ4n) is 2.92. The minimum absolute atomic E-state index is 0.116. The lowest BCUT2D eigenvalue weighted by Crippen LogP contribution is -2.27. The molecular formula is C19H28N4O6S. The minimum atomic E-state index is -3.82. The van der Waals surface area contributed by atoms with Gasteiger partial charge < -0.3 is 18.6 Å². The highest BCUT2D eigenvalue weighted by Gasteiger charge is 2.20. The van der Waals surface area contributed by atoms with Gasteiger partial charge in [-0.15, -0.1) is 0 Å². The molecule has 0 unspecified atom stereocenters. The van der Waals surface area contributed by atoms with Crippen LogP contribution < -0.4 is 4.72 Å². The standard InChI is InChI=1S/C19H28N4O6S/c1-13-10-16(14(2)23(13)8-9-28-5)17(24)12-29-19(25)6-7-20-30(26,27)18-11-22(4)15(3)21-18/h10-11,20H,6-9,12H2,1-5H3. The van der Waals surface area contributed by atoms with Crippen LogP contribution >= 0.6 is 0 Å². The molecule has 0 saturated heterocycles. The average Bonchev–Trinajstić information content (AvgIpc) is 3.17. The molecule has 0 amide bonds. The monoisotopic (exact) mass is 440 g/mol. The van der Waals surface area contributed by atoms with Crippen molar-refractivity contribution in [1.82, 2.24) is 18.8 Å². The van der Waals surface area contributed by atoms with E-state index in [1.165, 1.54) is 6.20 Å². The topological polar surface area (TPSA) is 122 Å². The molecule has 0 saturated carbocycles. The number of ether oxygens (including phenoxy) is 2. The largest absolute Gasteiger partial charge is 0.457 e. The van der Waals surface area contributed by atoms with Gasteiger partial charge in [-0.3, -0.25) is 9.59 Å². The Labute approximate surface area is 176 Å². The van der Waals surface area contributed by atoms with E-state index in [1.54, 1.807) is 31.7 Å². The molecule has 0 aliphatic heterocycles. The summed E-state index contributed by atoms with van der Waals surface area (Å²) in [5.74, 6) is -0.434. The first-order chi connectivity index (χ1) is 14.1. The maximum Gasteiger partial charge on any atom is 0.307 e. The molecule has 10 nitrogen and oxygen atoms in total. The summed E-state index contributed by atoms with van der Waals surface area (Å²) in [6, 6.07) is 1.75. The normalized spacial score (nSPS) is 11.6. The molecule has 2 rings (SSSR count). The summed E-state index contributed by atoms with van der Waals surface area (Å²) in [4.78, 5) is 28.3. The first-order valence-corrected chi connectivity index (χ1v) is 10.9. The Hall–Kier alpha value is -2.50. The molecule has 2 aromatic rings. The zero-order valence-corrected chi connectivity index (χ0v) is 18.7. The Morgan fingerprint density at radius 2 is 1.93 bits per heavy atom. The molecule has 0 atom stereocenters. The van der Waals surface area contributed by atoms with Crippen LogP contribution in [0.15, 0.2) is 17.3 Å². The Morgan fingerprint density at radius 1 is 1.23 bits per heavy atom. The molecule has 30 heavy (non-hydrogen) atoms. The molecule has 0 aliphatic rings. The zero-order chi connectivity index (χ0) is 22.5. The molecule has 0 aliphatic carbocycles. The lowest BCUT2D eigenvalue weighted by molar-refractivity contribution is -0.142. The Bertz CT molecular complexity index is 1000. The molecular weight excluding hydrogens is 412 g/mol. The summed E-state index contributed by atoms with van der Waals surface area (Å²) in [5, 5.41) is -0.116. The summed E-state index contributed by atoms with van der Waals surface area (Å²) < 4.78 is 40.3. The van der Waals surface area contributed by atoms with Crippen LogP contribution in [-0.4, -0.2) is 61.2 Å². The number of carbonyl (C=O) groups is 2. The Balaban J connectivity index is 1.84. The van der Waals surface area contributed by atoms with Gasteiger partial charge in [-0.1, -0.05) is 0 Å². The van der Waals surface area contributed by atoms with Gasteiger partial charge in [0.05, 0.1) is 13.0 Å². The maximum absolute atomic E-state index is 12.4. The van der Waals surface area contributed by atoms with Crippen molar-refractivity contribution in [1.29, 1.82) is 0 Å². The van der Waals surface area contributed by atoms with Crippen LogP contribution in [0, 0.1) is 20.8 Å². The second kappa shape index (κ2) is 10.0. The molecule has 0 radical (unpaired) electrons. The highest BCUT2D eigenvalue weighted by Crippen LogP contribution is 2.16. The Morgan fingerprint density at radius 3 is 2.53 bits per heavy atom. The number of Topliss-reactive ketones (excluding diaryl/α,β-unsaturated/α-hetero) is 1. The second-order valence-electron chi connectivity index (χ2n) is 6.90. The molecule has 1 N–H and O–H groups in total. The van der Waals surface area contributed by atoms with E-state index in [0.717, 1.165) is 11.4 Å². The fraction of sp³-hybridized carbons (Fsp3) is 0.526. The van der Waals surface area contributed by atoms with Crippen LogP contribution in [0.25, 0.3) is 0 Å². The summed E-state index contributed by atoms with van der Waals surface area (Å²) in [7, 11) is -0.523. The van der Waals surface area contributed by atoms with Crippen LogP contribution in [0.3, 0.4) is 0 Å². The van der Waals surface area contributed by atoms with Crippen molar-refractivity contribution in [3.63, 3.8) is 0 Å². The molecule has 0 spiro atoms. The van der Waals surface area contributed by atoms with Gasteiger partial charge in [0.2, 0.25) is 5.78 Å². The average molecular weight is 441 g/mol. The number of nitrogens with zero attached hydrogens (tertiary/aromatic N) is 3. The van der Waals surface area contributed by atoms with E-state index in [-0.39, 0.29) is 23.8 Å². The number of sulfonamides is 1. The quantitative estimate of drug-likeness (QED) is 0.407. The van der Waals surface area contributed by atoms with Crippen molar-refractivity contribution < 1.29 is 27.5 Å². The Kier molecular flexibility index (Phi) is 7.93. The van der Waals surface area contributed by atoms with E-state index in [2.05, 4.69) is 9.71 Å². The molecule has 0 aromatic carbocycles.